The number of methoxy groups -OCH3 is 1. The van der Waals surface area contributed by atoms with E-state index in [9.17, 15) is 24.0 Å². The van der Waals surface area contributed by atoms with Gasteiger partial charge in [0.1, 0.15) is 28.5 Å². The van der Waals surface area contributed by atoms with E-state index < -0.39 is 95.0 Å². The summed E-state index contributed by atoms with van der Waals surface area (Å²) in [6.45, 7) is 14.6. The van der Waals surface area contributed by atoms with Crippen molar-refractivity contribution in [1.82, 2.24) is 15.2 Å². The molecule has 66 heavy (non-hydrogen) atoms. The lowest BCUT2D eigenvalue weighted by Gasteiger charge is -2.37. The minimum Gasteiger partial charge on any atom is -0.461 e. The summed E-state index contributed by atoms with van der Waals surface area (Å²) in [5, 5.41) is 4.16. The molecular weight excluding hydrogens is 880 g/mol. The van der Waals surface area contributed by atoms with E-state index in [1.807, 2.05) is 60.7 Å². The number of ether oxygens (including phenoxy) is 5. The Labute approximate surface area is 388 Å². The highest BCUT2D eigenvalue weighted by atomic mass is 32.1. The van der Waals surface area contributed by atoms with E-state index in [4.69, 9.17) is 23.7 Å². The second-order valence-electron chi connectivity index (χ2n) is 18.2. The van der Waals surface area contributed by atoms with Crippen molar-refractivity contribution in [3.63, 3.8) is 0 Å². The van der Waals surface area contributed by atoms with Crippen LogP contribution < -0.4 is 5.32 Å². The molecule has 1 aromatic heterocycles. The third-order valence-electron chi connectivity index (χ3n) is 10.1. The van der Waals surface area contributed by atoms with Crippen LogP contribution in [0.25, 0.3) is 0 Å². The first-order chi connectivity index (χ1) is 30.8. The summed E-state index contributed by atoms with van der Waals surface area (Å²) >= 11 is 0.810. The Morgan fingerprint density at radius 2 is 1.26 bits per heavy atom. The minimum atomic E-state index is -5.35. The van der Waals surface area contributed by atoms with Gasteiger partial charge in [0, 0.05) is 30.5 Å². The molecule has 13 nitrogen and oxygen atoms in total. The summed E-state index contributed by atoms with van der Waals surface area (Å²) in [7, 11) is 0.724. The summed E-state index contributed by atoms with van der Waals surface area (Å²) in [5.74, 6) is -4.32. The Balaban J connectivity index is 1.75. The number of thiazole rings is 1. The molecule has 3 amide bonds. The lowest BCUT2D eigenvalue weighted by Crippen LogP contribution is -2.53. The fourth-order valence-electron chi connectivity index (χ4n) is 6.95. The summed E-state index contributed by atoms with van der Waals surface area (Å²) in [6.07, 6.45) is -9.33. The number of rotatable bonds is 18. The fourth-order valence-corrected chi connectivity index (χ4v) is 7.79. The molecule has 4 aromatic rings. The molecule has 0 aliphatic rings. The quantitative estimate of drug-likeness (QED) is 0.0747. The first-order valence-corrected chi connectivity index (χ1v) is 22.4. The normalized spacial score (nSPS) is 14.8. The van der Waals surface area contributed by atoms with E-state index in [1.165, 1.54) is 23.6 Å². The number of benzene rings is 3. The Hall–Kier alpha value is -5.81. The van der Waals surface area contributed by atoms with Crippen LogP contribution in [0.3, 0.4) is 0 Å². The summed E-state index contributed by atoms with van der Waals surface area (Å²) < 4.78 is 73.2. The van der Waals surface area contributed by atoms with E-state index in [0.717, 1.165) is 41.7 Å². The van der Waals surface area contributed by atoms with Gasteiger partial charge in [-0.25, -0.2) is 24.3 Å². The summed E-state index contributed by atoms with van der Waals surface area (Å²) in [5.41, 5.74) is -4.90. The monoisotopic (exact) mass is 939 g/mol. The van der Waals surface area contributed by atoms with Crippen LogP contribution in [0.5, 0.6) is 0 Å². The first-order valence-electron chi connectivity index (χ1n) is 21.5. The molecule has 0 aliphatic heterocycles. The lowest BCUT2D eigenvalue weighted by atomic mass is 9.92. The first kappa shape index (κ1) is 52.8. The molecule has 0 saturated carbocycles. The van der Waals surface area contributed by atoms with Crippen LogP contribution in [-0.2, 0) is 51.9 Å². The molecule has 3 aromatic carbocycles. The van der Waals surface area contributed by atoms with Crippen LogP contribution >= 0.6 is 11.3 Å². The van der Waals surface area contributed by atoms with Crippen molar-refractivity contribution < 1.29 is 60.8 Å². The molecule has 1 heterocycles. The molecule has 0 spiro atoms. The minimum absolute atomic E-state index is 0.0673. The van der Waals surface area contributed by atoms with Crippen molar-refractivity contribution >= 4 is 41.4 Å². The second kappa shape index (κ2) is 22.6. The number of alkyl halides is 3. The van der Waals surface area contributed by atoms with Crippen LogP contribution in [0, 0.1) is 11.8 Å². The maximum atomic E-state index is 15.2. The van der Waals surface area contributed by atoms with Crippen LogP contribution in [-0.4, -0.2) is 76.5 Å². The number of amides is 3. The Morgan fingerprint density at radius 3 is 1.74 bits per heavy atom. The zero-order chi connectivity index (χ0) is 49.0. The number of hydrogen-bond donors (Lipinski definition) is 1. The van der Waals surface area contributed by atoms with Gasteiger partial charge < -0.3 is 29.0 Å². The number of carbonyl (C=O) groups is 5. The Kier molecular flexibility index (Phi) is 18.1. The molecule has 0 unspecified atom stereocenters. The fraction of sp³-hybridized carbons (Fsp3) is 0.469. The maximum Gasteiger partial charge on any atom is 0.432 e. The zero-order valence-corrected chi connectivity index (χ0v) is 39.8. The van der Waals surface area contributed by atoms with Gasteiger partial charge in [-0.1, -0.05) is 112 Å². The Bertz CT molecular complexity index is 2200. The number of hydrogen-bond acceptors (Lipinski definition) is 12. The highest BCUT2D eigenvalue weighted by molar-refractivity contribution is 7.09. The number of nitrogens with one attached hydrogen (secondary N) is 1. The molecule has 1 N–H and O–H groups in total. The number of halogens is 3. The average Bonchev–Trinajstić information content (AvgIpc) is 3.73. The summed E-state index contributed by atoms with van der Waals surface area (Å²) in [6, 6.07) is 22.8. The number of imide groups is 1. The van der Waals surface area contributed by atoms with Gasteiger partial charge in [0.2, 0.25) is 0 Å². The van der Waals surface area contributed by atoms with Gasteiger partial charge in [-0.2, -0.15) is 13.2 Å². The summed E-state index contributed by atoms with van der Waals surface area (Å²) in [4.78, 5) is 74.4. The van der Waals surface area contributed by atoms with Crippen LogP contribution in [0.4, 0.5) is 22.8 Å². The largest absolute Gasteiger partial charge is 0.461 e. The number of aromatic nitrogens is 1. The third-order valence-corrected chi connectivity index (χ3v) is 11.1. The van der Waals surface area contributed by atoms with Crippen molar-refractivity contribution in [2.75, 3.05) is 7.11 Å². The van der Waals surface area contributed by atoms with E-state index in [2.05, 4.69) is 10.3 Å². The topological polar surface area (TPSA) is 160 Å². The average molecular weight is 940 g/mol. The maximum absolute atomic E-state index is 15.2. The molecule has 0 aliphatic carbocycles. The van der Waals surface area contributed by atoms with Gasteiger partial charge in [0.15, 0.2) is 6.10 Å². The standard InChI is InChI=1S/C49H60F3N3O10S/c1-31(2)38(55(44(59)64-46(4,5)6)45(60)65-47(7,8)9)28-39(63-43(58)48(61-10,49(50,51)52)35-24-18-13-19-25-35)41-54-37(30-66-41)40(56)53-36(27-33-20-14-11-15-21-33)26-32(3)42(57)62-29-34-22-16-12-17-23-34/h11-25,30-32,36,38-39H,26-29H2,1-10H3,(H,53,56)/t32-,36+,38+,39-,48-/m0/s1. The molecular formula is C49H60F3N3O10S. The number of esters is 2. The smallest absolute Gasteiger partial charge is 0.432 e. The molecule has 17 heteroatoms. The Morgan fingerprint density at radius 1 is 0.742 bits per heavy atom. The zero-order valence-electron chi connectivity index (χ0n) is 39.0. The second-order valence-corrected chi connectivity index (χ2v) is 19.1. The van der Waals surface area contributed by atoms with Crippen LogP contribution in [0.15, 0.2) is 96.4 Å². The van der Waals surface area contributed by atoms with E-state index in [1.54, 1.807) is 62.3 Å². The predicted molar refractivity (Wildman–Crippen MR) is 241 cm³/mol. The van der Waals surface area contributed by atoms with Crippen LogP contribution in [0.1, 0.15) is 113 Å². The van der Waals surface area contributed by atoms with E-state index in [0.29, 0.717) is 11.3 Å². The van der Waals surface area contributed by atoms with Gasteiger partial charge in [-0.15, -0.1) is 11.3 Å². The van der Waals surface area contributed by atoms with Crippen molar-refractivity contribution in [1.29, 1.82) is 0 Å². The van der Waals surface area contributed by atoms with Gasteiger partial charge in [-0.05, 0) is 71.4 Å². The number of nitrogens with zero attached hydrogens (tertiary/aromatic N) is 2. The van der Waals surface area contributed by atoms with E-state index in [-0.39, 0.29) is 23.7 Å². The molecule has 0 radical (unpaired) electrons. The van der Waals surface area contributed by atoms with Gasteiger partial charge in [0.25, 0.3) is 11.5 Å². The molecule has 0 saturated heterocycles. The SMILES string of the molecule is CO[C@](C(=O)O[C@@H](C[C@H](C(C)C)N(C(=O)OC(C)(C)C)C(=O)OC(C)(C)C)c1nc(C(=O)N[C@@H](Cc2ccccc2)C[C@H](C)C(=O)OCc2ccccc2)cs1)(c1ccccc1)C(F)(F)F. The molecule has 358 valence electrons. The lowest BCUT2D eigenvalue weighted by molar-refractivity contribution is -0.278. The van der Waals surface area contributed by atoms with Gasteiger partial charge >= 0.3 is 30.3 Å². The highest BCUT2D eigenvalue weighted by Gasteiger charge is 2.64. The highest BCUT2D eigenvalue weighted by Crippen LogP contribution is 2.45. The van der Waals surface area contributed by atoms with Crippen molar-refractivity contribution in [3.05, 3.63) is 124 Å². The molecule has 0 bridgehead atoms. The van der Waals surface area contributed by atoms with Gasteiger partial charge in [-0.3, -0.25) is 9.59 Å². The van der Waals surface area contributed by atoms with E-state index >= 15 is 13.2 Å². The third kappa shape index (κ3) is 14.6. The molecule has 0 fully saturated rings. The van der Waals surface area contributed by atoms with Gasteiger partial charge in [0.05, 0.1) is 12.0 Å². The van der Waals surface area contributed by atoms with Crippen molar-refractivity contribution in [2.45, 2.75) is 129 Å². The predicted octanol–water partition coefficient (Wildman–Crippen LogP) is 10.5. The molecule has 4 rings (SSSR count). The molecule has 5 atom stereocenters. The number of carbonyl (C=O) groups excluding carboxylic acids is 5. The van der Waals surface area contributed by atoms with Crippen molar-refractivity contribution in [2.24, 2.45) is 11.8 Å². The van der Waals surface area contributed by atoms with Crippen molar-refractivity contribution in [3.8, 4) is 0 Å². The van der Waals surface area contributed by atoms with Crippen LogP contribution in [0.2, 0.25) is 0 Å².